The van der Waals surface area contributed by atoms with Crippen LogP contribution in [0.5, 0.6) is 0 Å². The molecular formula is C16H22N4OS. The summed E-state index contributed by atoms with van der Waals surface area (Å²) in [5.41, 5.74) is 1.16. The number of nitrogens with zero attached hydrogens (tertiary/aromatic N) is 4. The number of rotatable bonds is 4. The zero-order chi connectivity index (χ0) is 15.6. The monoisotopic (exact) mass is 318 g/mol. The Hall–Kier alpha value is -1.40. The average Bonchev–Trinajstić information content (AvgIpc) is 2.98. The Bertz CT molecular complexity index is 616. The van der Waals surface area contributed by atoms with Crippen LogP contribution in [0.2, 0.25) is 0 Å². The van der Waals surface area contributed by atoms with Crippen LogP contribution in [0.1, 0.15) is 33.6 Å². The van der Waals surface area contributed by atoms with E-state index >= 15 is 0 Å². The van der Waals surface area contributed by atoms with E-state index in [1.807, 2.05) is 30.3 Å². The lowest BCUT2D eigenvalue weighted by Crippen LogP contribution is -2.42. The van der Waals surface area contributed by atoms with Crippen LogP contribution in [0.15, 0.2) is 35.5 Å². The fraction of sp³-hybridized carbons (Fsp3) is 0.562. The second-order valence-electron chi connectivity index (χ2n) is 6.90. The number of hydrogen-bond donors (Lipinski definition) is 0. The van der Waals surface area contributed by atoms with Crippen LogP contribution in [0.25, 0.3) is 5.69 Å². The normalized spacial score (nSPS) is 24.3. The quantitative estimate of drug-likeness (QED) is 0.809. The van der Waals surface area contributed by atoms with Crippen LogP contribution in [0.3, 0.4) is 0 Å². The second kappa shape index (κ2) is 6.01. The predicted molar refractivity (Wildman–Crippen MR) is 87.3 cm³/mol. The van der Waals surface area contributed by atoms with E-state index in [2.05, 4.69) is 36.3 Å². The highest BCUT2D eigenvalue weighted by Crippen LogP contribution is 2.38. The predicted octanol–water partition coefficient (Wildman–Crippen LogP) is 3.35. The van der Waals surface area contributed by atoms with Gasteiger partial charge < -0.3 is 4.74 Å². The molecule has 0 bridgehead atoms. The largest absolute Gasteiger partial charge is 0.374 e. The van der Waals surface area contributed by atoms with Gasteiger partial charge in [-0.3, -0.25) is 0 Å². The van der Waals surface area contributed by atoms with Gasteiger partial charge in [0.1, 0.15) is 0 Å². The first-order valence-electron chi connectivity index (χ1n) is 7.58. The van der Waals surface area contributed by atoms with Crippen molar-refractivity contribution in [2.45, 2.75) is 44.4 Å². The lowest BCUT2D eigenvalue weighted by molar-refractivity contribution is -0.0991. The van der Waals surface area contributed by atoms with Gasteiger partial charge >= 0.3 is 0 Å². The minimum Gasteiger partial charge on any atom is -0.374 e. The number of aromatic nitrogens is 4. The van der Waals surface area contributed by atoms with Crippen LogP contribution < -0.4 is 0 Å². The van der Waals surface area contributed by atoms with Gasteiger partial charge in [0.05, 0.1) is 17.9 Å². The topological polar surface area (TPSA) is 52.8 Å². The van der Waals surface area contributed by atoms with Gasteiger partial charge in [0.2, 0.25) is 5.16 Å². The fourth-order valence-corrected chi connectivity index (χ4v) is 3.47. The van der Waals surface area contributed by atoms with E-state index in [9.17, 15) is 0 Å². The molecule has 0 N–H and O–H groups in total. The van der Waals surface area contributed by atoms with E-state index in [0.717, 1.165) is 29.6 Å². The van der Waals surface area contributed by atoms with Crippen LogP contribution in [-0.2, 0) is 4.74 Å². The number of ether oxygens (including phenoxy) is 1. The Morgan fingerprint density at radius 3 is 2.64 bits per heavy atom. The smallest absolute Gasteiger partial charge is 0.214 e. The van der Waals surface area contributed by atoms with Gasteiger partial charge in [0.25, 0.3) is 0 Å². The number of para-hydroxylation sites is 1. The van der Waals surface area contributed by atoms with Crippen molar-refractivity contribution < 1.29 is 4.74 Å². The summed E-state index contributed by atoms with van der Waals surface area (Å²) in [6.07, 6.45) is 2.26. The number of thioether (sulfide) groups is 1. The van der Waals surface area contributed by atoms with Crippen molar-refractivity contribution in [3.05, 3.63) is 30.3 Å². The van der Waals surface area contributed by atoms with Crippen LogP contribution in [0.4, 0.5) is 0 Å². The van der Waals surface area contributed by atoms with E-state index in [1.165, 1.54) is 6.42 Å². The molecule has 1 aromatic heterocycles. The summed E-state index contributed by atoms with van der Waals surface area (Å²) in [7, 11) is 0. The van der Waals surface area contributed by atoms with Crippen LogP contribution in [0, 0.1) is 5.41 Å². The van der Waals surface area contributed by atoms with Gasteiger partial charge in [0, 0.05) is 5.75 Å². The van der Waals surface area contributed by atoms with Crippen molar-refractivity contribution in [3.63, 3.8) is 0 Å². The van der Waals surface area contributed by atoms with Crippen molar-refractivity contribution in [2.24, 2.45) is 5.41 Å². The second-order valence-corrected chi connectivity index (χ2v) is 7.84. The van der Waals surface area contributed by atoms with E-state index in [4.69, 9.17) is 4.74 Å². The van der Waals surface area contributed by atoms with Crippen molar-refractivity contribution in [1.82, 2.24) is 20.2 Å². The molecule has 1 saturated heterocycles. The van der Waals surface area contributed by atoms with E-state index in [1.54, 1.807) is 16.4 Å². The Labute approximate surface area is 135 Å². The molecule has 0 spiro atoms. The van der Waals surface area contributed by atoms with Gasteiger partial charge in [-0.2, -0.15) is 4.68 Å². The minimum atomic E-state index is -0.104. The maximum Gasteiger partial charge on any atom is 0.214 e. The highest BCUT2D eigenvalue weighted by atomic mass is 32.2. The van der Waals surface area contributed by atoms with Crippen LogP contribution >= 0.6 is 11.8 Å². The molecule has 1 atom stereocenters. The number of tetrazole rings is 1. The number of benzene rings is 1. The van der Waals surface area contributed by atoms with Crippen molar-refractivity contribution in [1.29, 1.82) is 0 Å². The first-order valence-corrected chi connectivity index (χ1v) is 8.57. The van der Waals surface area contributed by atoms with Crippen molar-refractivity contribution in [2.75, 3.05) is 12.4 Å². The van der Waals surface area contributed by atoms with E-state index in [-0.39, 0.29) is 11.0 Å². The van der Waals surface area contributed by atoms with Gasteiger partial charge in [-0.05, 0) is 47.7 Å². The molecular weight excluding hydrogens is 296 g/mol. The molecule has 2 aromatic rings. The molecule has 1 fully saturated rings. The van der Waals surface area contributed by atoms with Crippen LogP contribution in [-0.4, -0.2) is 38.2 Å². The van der Waals surface area contributed by atoms with Gasteiger partial charge in [-0.1, -0.05) is 43.8 Å². The first-order chi connectivity index (χ1) is 10.5. The molecule has 118 valence electrons. The standard InChI is InChI=1S/C16H22N4OS/c1-15(2)9-10-16(3,21-11-15)12-22-14-17-18-19-20(14)13-7-5-4-6-8-13/h4-8H,9-12H2,1-3H3. The maximum absolute atomic E-state index is 6.13. The summed E-state index contributed by atoms with van der Waals surface area (Å²) in [5, 5.41) is 12.9. The van der Waals surface area contributed by atoms with Crippen molar-refractivity contribution in [3.8, 4) is 5.69 Å². The summed E-state index contributed by atoms with van der Waals surface area (Å²) in [4.78, 5) is 0. The summed E-state index contributed by atoms with van der Waals surface area (Å²) in [5.74, 6) is 0.857. The fourth-order valence-electron chi connectivity index (χ4n) is 2.45. The third kappa shape index (κ3) is 3.50. The highest BCUT2D eigenvalue weighted by molar-refractivity contribution is 7.99. The zero-order valence-electron chi connectivity index (χ0n) is 13.3. The van der Waals surface area contributed by atoms with Crippen molar-refractivity contribution >= 4 is 11.8 Å². The Morgan fingerprint density at radius 2 is 1.95 bits per heavy atom. The Kier molecular flexibility index (Phi) is 4.23. The average molecular weight is 318 g/mol. The molecule has 1 aromatic carbocycles. The molecule has 3 rings (SSSR count). The molecule has 5 nitrogen and oxygen atoms in total. The Balaban J connectivity index is 1.67. The molecule has 1 aliphatic heterocycles. The molecule has 0 saturated carbocycles. The maximum atomic E-state index is 6.13. The summed E-state index contributed by atoms with van der Waals surface area (Å²) >= 11 is 1.66. The number of hydrogen-bond acceptors (Lipinski definition) is 5. The minimum absolute atomic E-state index is 0.104. The first kappa shape index (κ1) is 15.5. The van der Waals surface area contributed by atoms with E-state index in [0.29, 0.717) is 0 Å². The van der Waals surface area contributed by atoms with Gasteiger partial charge in [-0.15, -0.1) is 5.10 Å². The lowest BCUT2D eigenvalue weighted by Gasteiger charge is -2.41. The molecule has 1 unspecified atom stereocenters. The summed E-state index contributed by atoms with van der Waals surface area (Å²) < 4.78 is 7.90. The molecule has 22 heavy (non-hydrogen) atoms. The third-order valence-corrected chi connectivity index (χ3v) is 5.36. The molecule has 0 aliphatic carbocycles. The summed E-state index contributed by atoms with van der Waals surface area (Å²) in [6, 6.07) is 9.96. The van der Waals surface area contributed by atoms with E-state index < -0.39 is 0 Å². The summed E-state index contributed by atoms with van der Waals surface area (Å²) in [6.45, 7) is 7.52. The molecule has 0 radical (unpaired) electrons. The third-order valence-electron chi connectivity index (χ3n) is 4.09. The van der Waals surface area contributed by atoms with Gasteiger partial charge in [-0.25, -0.2) is 0 Å². The van der Waals surface area contributed by atoms with Gasteiger partial charge in [0.15, 0.2) is 0 Å². The highest BCUT2D eigenvalue weighted by Gasteiger charge is 2.36. The Morgan fingerprint density at radius 1 is 1.18 bits per heavy atom. The zero-order valence-corrected chi connectivity index (χ0v) is 14.1. The lowest BCUT2D eigenvalue weighted by atomic mass is 9.82. The molecule has 1 aliphatic rings. The molecule has 0 amide bonds. The SMILES string of the molecule is CC1(C)CCC(C)(CSc2nnnn2-c2ccccc2)OC1. The molecule has 2 heterocycles. The molecule has 6 heteroatoms.